The van der Waals surface area contributed by atoms with Gasteiger partial charge >= 0.3 is 5.97 Å². The minimum atomic E-state index is -1.20. The Kier molecular flexibility index (Phi) is 3.72. The zero-order chi connectivity index (χ0) is 11.5. The molecule has 0 heterocycles. The van der Waals surface area contributed by atoms with Crippen molar-refractivity contribution in [1.82, 2.24) is 0 Å². The Morgan fingerprint density at radius 2 is 2.13 bits per heavy atom. The van der Waals surface area contributed by atoms with Gasteiger partial charge in [0.15, 0.2) is 0 Å². The fourth-order valence-corrected chi connectivity index (χ4v) is 1.61. The normalized spacial score (nSPS) is 14.4. The van der Waals surface area contributed by atoms with Crippen molar-refractivity contribution >= 4 is 17.6 Å². The number of ether oxygens (including phenoxy) is 1. The van der Waals surface area contributed by atoms with E-state index in [1.807, 2.05) is 0 Å². The first-order valence-electron chi connectivity index (χ1n) is 4.71. The SMILES string of the molecule is CCOC(=O)[C@@](C)(N)c1ccccc1Cl. The van der Waals surface area contributed by atoms with Gasteiger partial charge in [0.2, 0.25) is 0 Å². The van der Waals surface area contributed by atoms with Gasteiger partial charge in [0.1, 0.15) is 5.54 Å². The van der Waals surface area contributed by atoms with Crippen LogP contribution < -0.4 is 5.73 Å². The molecule has 0 aliphatic heterocycles. The minimum Gasteiger partial charge on any atom is -0.464 e. The molecule has 1 atom stereocenters. The van der Waals surface area contributed by atoms with Crippen LogP contribution in [0.3, 0.4) is 0 Å². The molecular formula is C11H14ClNO2. The maximum absolute atomic E-state index is 11.6. The lowest BCUT2D eigenvalue weighted by Gasteiger charge is -2.23. The Balaban J connectivity index is 3.05. The lowest BCUT2D eigenvalue weighted by atomic mass is 9.93. The summed E-state index contributed by atoms with van der Waals surface area (Å²) in [5.74, 6) is -0.474. The molecule has 0 aromatic heterocycles. The summed E-state index contributed by atoms with van der Waals surface area (Å²) in [7, 11) is 0. The minimum absolute atomic E-state index is 0.302. The zero-order valence-corrected chi connectivity index (χ0v) is 9.54. The third-order valence-corrected chi connectivity index (χ3v) is 2.46. The highest BCUT2D eigenvalue weighted by Crippen LogP contribution is 2.26. The van der Waals surface area contributed by atoms with Crippen LogP contribution in [0.4, 0.5) is 0 Å². The summed E-state index contributed by atoms with van der Waals surface area (Å²) < 4.78 is 4.89. The van der Waals surface area contributed by atoms with Gasteiger partial charge in [-0.15, -0.1) is 0 Å². The van der Waals surface area contributed by atoms with Crippen LogP contribution >= 0.6 is 11.6 Å². The smallest absolute Gasteiger partial charge is 0.330 e. The van der Waals surface area contributed by atoms with E-state index in [4.69, 9.17) is 22.1 Å². The Labute approximate surface area is 94.2 Å². The summed E-state index contributed by atoms with van der Waals surface area (Å²) in [6.45, 7) is 3.63. The van der Waals surface area contributed by atoms with E-state index in [1.165, 1.54) is 0 Å². The van der Waals surface area contributed by atoms with Gasteiger partial charge in [-0.05, 0) is 19.9 Å². The standard InChI is InChI=1S/C11H14ClNO2/c1-3-15-10(14)11(2,13)8-6-4-5-7-9(8)12/h4-7H,3,13H2,1-2H3/t11-/m0/s1. The van der Waals surface area contributed by atoms with Crippen molar-refractivity contribution in [2.75, 3.05) is 6.61 Å². The first-order chi connectivity index (χ1) is 7.00. The highest BCUT2D eigenvalue weighted by molar-refractivity contribution is 6.31. The molecule has 0 bridgehead atoms. The van der Waals surface area contributed by atoms with E-state index in [9.17, 15) is 4.79 Å². The second-order valence-corrected chi connectivity index (χ2v) is 3.81. The van der Waals surface area contributed by atoms with Gasteiger partial charge in [-0.3, -0.25) is 0 Å². The summed E-state index contributed by atoms with van der Waals surface area (Å²) in [6, 6.07) is 6.99. The predicted octanol–water partition coefficient (Wildman–Crippen LogP) is 2.08. The van der Waals surface area contributed by atoms with Gasteiger partial charge in [-0.25, -0.2) is 4.79 Å². The van der Waals surface area contributed by atoms with Crippen LogP contribution in [0, 0.1) is 0 Å². The van der Waals surface area contributed by atoms with E-state index >= 15 is 0 Å². The van der Waals surface area contributed by atoms with E-state index in [0.717, 1.165) is 0 Å². The molecule has 0 unspecified atom stereocenters. The molecule has 1 rings (SSSR count). The van der Waals surface area contributed by atoms with Crippen molar-refractivity contribution in [3.63, 3.8) is 0 Å². The first kappa shape index (κ1) is 12.0. The van der Waals surface area contributed by atoms with Crippen LogP contribution in [0.25, 0.3) is 0 Å². The topological polar surface area (TPSA) is 52.3 Å². The third-order valence-electron chi connectivity index (χ3n) is 2.13. The highest BCUT2D eigenvalue weighted by atomic mass is 35.5. The molecule has 0 radical (unpaired) electrons. The second-order valence-electron chi connectivity index (χ2n) is 3.40. The average molecular weight is 228 g/mol. The van der Waals surface area contributed by atoms with Crippen LogP contribution in [-0.2, 0) is 15.1 Å². The van der Waals surface area contributed by atoms with Crippen molar-refractivity contribution in [2.45, 2.75) is 19.4 Å². The number of rotatable bonds is 3. The summed E-state index contributed by atoms with van der Waals surface area (Å²) in [5.41, 5.74) is 5.28. The van der Waals surface area contributed by atoms with Gasteiger partial charge < -0.3 is 10.5 Å². The van der Waals surface area contributed by atoms with Crippen LogP contribution in [0.2, 0.25) is 5.02 Å². The molecule has 0 amide bonds. The fraction of sp³-hybridized carbons (Fsp3) is 0.364. The molecule has 82 valence electrons. The molecule has 0 fully saturated rings. The number of benzene rings is 1. The van der Waals surface area contributed by atoms with Gasteiger partial charge in [-0.2, -0.15) is 0 Å². The number of halogens is 1. The maximum Gasteiger partial charge on any atom is 0.330 e. The van der Waals surface area contributed by atoms with Gasteiger partial charge in [0.05, 0.1) is 6.61 Å². The van der Waals surface area contributed by atoms with Crippen molar-refractivity contribution in [3.05, 3.63) is 34.9 Å². The van der Waals surface area contributed by atoms with E-state index in [0.29, 0.717) is 17.2 Å². The summed E-state index contributed by atoms with van der Waals surface area (Å²) >= 11 is 5.97. The first-order valence-corrected chi connectivity index (χ1v) is 5.09. The Hall–Kier alpha value is -1.06. The molecule has 0 spiro atoms. The molecule has 0 aliphatic rings. The number of hydrogen-bond donors (Lipinski definition) is 1. The molecule has 2 N–H and O–H groups in total. The van der Waals surface area contributed by atoms with Crippen LogP contribution in [0.15, 0.2) is 24.3 Å². The molecule has 0 aliphatic carbocycles. The largest absolute Gasteiger partial charge is 0.464 e. The summed E-state index contributed by atoms with van der Waals surface area (Å²) in [5, 5.41) is 0.468. The van der Waals surface area contributed by atoms with Gasteiger partial charge in [-0.1, -0.05) is 29.8 Å². The molecule has 0 saturated carbocycles. The van der Waals surface area contributed by atoms with Crippen molar-refractivity contribution in [3.8, 4) is 0 Å². The third kappa shape index (κ3) is 2.49. The Bertz CT molecular complexity index is 363. The molecule has 0 saturated heterocycles. The Morgan fingerprint density at radius 1 is 1.53 bits per heavy atom. The lowest BCUT2D eigenvalue weighted by molar-refractivity contribution is -0.149. The zero-order valence-electron chi connectivity index (χ0n) is 8.79. The van der Waals surface area contributed by atoms with Crippen molar-refractivity contribution < 1.29 is 9.53 Å². The van der Waals surface area contributed by atoms with Gasteiger partial charge in [0, 0.05) is 10.6 Å². The van der Waals surface area contributed by atoms with Gasteiger partial charge in [0.25, 0.3) is 0 Å². The van der Waals surface area contributed by atoms with E-state index in [1.54, 1.807) is 38.1 Å². The highest BCUT2D eigenvalue weighted by Gasteiger charge is 2.33. The van der Waals surface area contributed by atoms with Crippen LogP contribution in [0.5, 0.6) is 0 Å². The molecular weight excluding hydrogens is 214 g/mol. The fourth-order valence-electron chi connectivity index (χ4n) is 1.27. The number of hydrogen-bond acceptors (Lipinski definition) is 3. The average Bonchev–Trinajstić information content (AvgIpc) is 2.18. The summed E-state index contributed by atoms with van der Waals surface area (Å²) in [4.78, 5) is 11.6. The number of nitrogens with two attached hydrogens (primary N) is 1. The second kappa shape index (κ2) is 4.64. The number of carbonyl (C=O) groups is 1. The molecule has 15 heavy (non-hydrogen) atoms. The maximum atomic E-state index is 11.6. The van der Waals surface area contributed by atoms with E-state index in [2.05, 4.69) is 0 Å². The number of esters is 1. The van der Waals surface area contributed by atoms with E-state index in [-0.39, 0.29) is 0 Å². The number of carbonyl (C=O) groups excluding carboxylic acids is 1. The molecule has 4 heteroatoms. The van der Waals surface area contributed by atoms with Crippen molar-refractivity contribution in [2.24, 2.45) is 5.73 Å². The van der Waals surface area contributed by atoms with Crippen LogP contribution in [-0.4, -0.2) is 12.6 Å². The van der Waals surface area contributed by atoms with Crippen molar-refractivity contribution in [1.29, 1.82) is 0 Å². The quantitative estimate of drug-likeness (QED) is 0.805. The monoisotopic (exact) mass is 227 g/mol. The summed E-state index contributed by atoms with van der Waals surface area (Å²) in [6.07, 6.45) is 0. The predicted molar refractivity (Wildman–Crippen MR) is 59.6 cm³/mol. The lowest BCUT2D eigenvalue weighted by Crippen LogP contribution is -2.43. The Morgan fingerprint density at radius 3 is 2.67 bits per heavy atom. The van der Waals surface area contributed by atoms with E-state index < -0.39 is 11.5 Å². The van der Waals surface area contributed by atoms with Crippen LogP contribution in [0.1, 0.15) is 19.4 Å². The molecule has 1 aromatic rings. The molecule has 1 aromatic carbocycles. The molecule has 3 nitrogen and oxygen atoms in total.